The van der Waals surface area contributed by atoms with E-state index in [1.54, 1.807) is 0 Å². The van der Waals surface area contributed by atoms with E-state index in [-0.39, 0.29) is 6.29 Å². The normalized spacial score (nSPS) is 22.1. The molecule has 1 aliphatic rings. The van der Waals surface area contributed by atoms with Gasteiger partial charge in [-0.2, -0.15) is 0 Å². The van der Waals surface area contributed by atoms with Crippen molar-refractivity contribution in [3.8, 4) is 11.8 Å². The van der Waals surface area contributed by atoms with Crippen molar-refractivity contribution < 1.29 is 9.47 Å². The van der Waals surface area contributed by atoms with Crippen LogP contribution in [0, 0.1) is 11.8 Å². The third kappa shape index (κ3) is 4.92. The number of rotatable bonds is 3. The molecule has 0 aliphatic carbocycles. The first-order valence-electron chi connectivity index (χ1n) is 5.12. The van der Waals surface area contributed by atoms with Crippen LogP contribution in [0.4, 0.5) is 0 Å². The SMILES string of the molecule is CCC#CCCO[C@@H]1CCCCO1. The standard InChI is InChI=1S/C11H18O2/c1-2-3-4-6-9-12-11-8-5-7-10-13-11/h11H,2,5-10H2,1H3/t11-/m0/s1. The molecular weight excluding hydrogens is 164 g/mol. The van der Waals surface area contributed by atoms with Crippen LogP contribution in [-0.2, 0) is 9.47 Å². The molecule has 1 rings (SSSR count). The van der Waals surface area contributed by atoms with Gasteiger partial charge in [-0.1, -0.05) is 6.92 Å². The molecule has 1 saturated heterocycles. The molecule has 0 amide bonds. The molecule has 0 bridgehead atoms. The summed E-state index contributed by atoms with van der Waals surface area (Å²) in [5, 5.41) is 0. The summed E-state index contributed by atoms with van der Waals surface area (Å²) in [5.74, 6) is 6.06. The topological polar surface area (TPSA) is 18.5 Å². The van der Waals surface area contributed by atoms with Gasteiger partial charge in [0.1, 0.15) is 0 Å². The molecule has 1 heterocycles. The monoisotopic (exact) mass is 182 g/mol. The Morgan fingerprint density at radius 3 is 3.00 bits per heavy atom. The van der Waals surface area contributed by atoms with Gasteiger partial charge in [-0.3, -0.25) is 0 Å². The first kappa shape index (κ1) is 10.6. The van der Waals surface area contributed by atoms with Crippen LogP contribution in [0.1, 0.15) is 39.0 Å². The molecule has 1 aliphatic heterocycles. The maximum absolute atomic E-state index is 5.50. The fourth-order valence-corrected chi connectivity index (χ4v) is 1.30. The van der Waals surface area contributed by atoms with E-state index in [4.69, 9.17) is 9.47 Å². The zero-order valence-electron chi connectivity index (χ0n) is 8.34. The Balaban J connectivity index is 1.98. The van der Waals surface area contributed by atoms with E-state index in [0.29, 0.717) is 6.61 Å². The van der Waals surface area contributed by atoms with E-state index in [1.165, 1.54) is 12.8 Å². The van der Waals surface area contributed by atoms with Crippen molar-refractivity contribution in [3.05, 3.63) is 0 Å². The van der Waals surface area contributed by atoms with Crippen molar-refractivity contribution in [1.82, 2.24) is 0 Å². The maximum Gasteiger partial charge on any atom is 0.157 e. The van der Waals surface area contributed by atoms with Crippen LogP contribution in [0.25, 0.3) is 0 Å². The first-order valence-corrected chi connectivity index (χ1v) is 5.12. The zero-order valence-corrected chi connectivity index (χ0v) is 8.34. The fraction of sp³-hybridized carbons (Fsp3) is 0.818. The second-order valence-corrected chi connectivity index (χ2v) is 3.12. The molecule has 0 unspecified atom stereocenters. The minimum absolute atomic E-state index is 0.0391. The summed E-state index contributed by atoms with van der Waals surface area (Å²) >= 11 is 0. The summed E-state index contributed by atoms with van der Waals surface area (Å²) in [6.45, 7) is 3.61. The van der Waals surface area contributed by atoms with Gasteiger partial charge >= 0.3 is 0 Å². The van der Waals surface area contributed by atoms with Gasteiger partial charge in [-0.25, -0.2) is 0 Å². The molecule has 0 aromatic rings. The summed E-state index contributed by atoms with van der Waals surface area (Å²) in [6, 6.07) is 0. The van der Waals surface area contributed by atoms with Crippen molar-refractivity contribution in [3.63, 3.8) is 0 Å². The molecule has 0 saturated carbocycles. The van der Waals surface area contributed by atoms with Crippen molar-refractivity contribution in [2.24, 2.45) is 0 Å². The molecule has 13 heavy (non-hydrogen) atoms. The number of hydrogen-bond donors (Lipinski definition) is 0. The molecule has 1 fully saturated rings. The van der Waals surface area contributed by atoms with Gasteiger partial charge in [-0.15, -0.1) is 11.8 Å². The Morgan fingerprint density at radius 2 is 2.31 bits per heavy atom. The highest BCUT2D eigenvalue weighted by Crippen LogP contribution is 2.13. The van der Waals surface area contributed by atoms with Crippen LogP contribution in [0.3, 0.4) is 0 Å². The molecule has 0 N–H and O–H groups in total. The Hall–Kier alpha value is -0.520. The van der Waals surface area contributed by atoms with E-state index in [9.17, 15) is 0 Å². The van der Waals surface area contributed by atoms with E-state index in [1.807, 2.05) is 0 Å². The molecule has 2 heteroatoms. The molecule has 0 radical (unpaired) electrons. The average Bonchev–Trinajstić information content (AvgIpc) is 2.19. The van der Waals surface area contributed by atoms with Gasteiger partial charge in [0.2, 0.25) is 0 Å². The van der Waals surface area contributed by atoms with Crippen LogP contribution in [0.2, 0.25) is 0 Å². The first-order chi connectivity index (χ1) is 6.43. The summed E-state index contributed by atoms with van der Waals surface area (Å²) in [7, 11) is 0. The predicted molar refractivity (Wildman–Crippen MR) is 52.2 cm³/mol. The highest BCUT2D eigenvalue weighted by molar-refractivity contribution is 4.97. The Bertz CT molecular complexity index is 172. The minimum Gasteiger partial charge on any atom is -0.353 e. The van der Waals surface area contributed by atoms with Gasteiger partial charge in [-0.05, 0) is 19.3 Å². The van der Waals surface area contributed by atoms with E-state index in [2.05, 4.69) is 18.8 Å². The summed E-state index contributed by atoms with van der Waals surface area (Å²) in [5.41, 5.74) is 0. The second kappa shape index (κ2) is 6.94. The Morgan fingerprint density at radius 1 is 1.38 bits per heavy atom. The summed E-state index contributed by atoms with van der Waals surface area (Å²) in [4.78, 5) is 0. The lowest BCUT2D eigenvalue weighted by molar-refractivity contribution is -0.161. The van der Waals surface area contributed by atoms with Crippen LogP contribution < -0.4 is 0 Å². The second-order valence-electron chi connectivity index (χ2n) is 3.12. The van der Waals surface area contributed by atoms with Gasteiger partial charge < -0.3 is 9.47 Å². The molecule has 74 valence electrons. The van der Waals surface area contributed by atoms with Gasteiger partial charge in [0.15, 0.2) is 6.29 Å². The lowest BCUT2D eigenvalue weighted by Gasteiger charge is -2.22. The van der Waals surface area contributed by atoms with E-state index >= 15 is 0 Å². The fourth-order valence-electron chi connectivity index (χ4n) is 1.30. The highest BCUT2D eigenvalue weighted by Gasteiger charge is 2.12. The Kier molecular flexibility index (Phi) is 5.64. The zero-order chi connectivity index (χ0) is 9.36. The molecule has 0 spiro atoms. The van der Waals surface area contributed by atoms with Crippen molar-refractivity contribution in [2.75, 3.05) is 13.2 Å². The van der Waals surface area contributed by atoms with Gasteiger partial charge in [0.25, 0.3) is 0 Å². The predicted octanol–water partition coefficient (Wildman–Crippen LogP) is 2.33. The molecule has 0 aromatic heterocycles. The van der Waals surface area contributed by atoms with Crippen LogP contribution in [0.5, 0.6) is 0 Å². The van der Waals surface area contributed by atoms with E-state index in [0.717, 1.165) is 25.9 Å². The Labute approximate surface area is 80.6 Å². The van der Waals surface area contributed by atoms with Crippen LogP contribution >= 0.6 is 0 Å². The smallest absolute Gasteiger partial charge is 0.157 e. The van der Waals surface area contributed by atoms with Gasteiger partial charge in [0.05, 0.1) is 6.61 Å². The van der Waals surface area contributed by atoms with Crippen molar-refractivity contribution in [1.29, 1.82) is 0 Å². The third-order valence-electron chi connectivity index (χ3n) is 1.97. The number of ether oxygens (including phenoxy) is 2. The molecular formula is C11H18O2. The third-order valence-corrected chi connectivity index (χ3v) is 1.97. The number of hydrogen-bond acceptors (Lipinski definition) is 2. The largest absolute Gasteiger partial charge is 0.353 e. The van der Waals surface area contributed by atoms with Crippen LogP contribution in [-0.4, -0.2) is 19.5 Å². The quantitative estimate of drug-likeness (QED) is 0.492. The lowest BCUT2D eigenvalue weighted by atomic mass is 10.2. The summed E-state index contributed by atoms with van der Waals surface area (Å²) in [6.07, 6.45) is 5.24. The van der Waals surface area contributed by atoms with Crippen molar-refractivity contribution in [2.45, 2.75) is 45.3 Å². The maximum atomic E-state index is 5.50. The molecule has 1 atom stereocenters. The lowest BCUT2D eigenvalue weighted by Crippen LogP contribution is -2.22. The minimum atomic E-state index is 0.0391. The highest BCUT2D eigenvalue weighted by atomic mass is 16.7. The average molecular weight is 182 g/mol. The molecule has 2 nitrogen and oxygen atoms in total. The van der Waals surface area contributed by atoms with Crippen molar-refractivity contribution >= 4 is 0 Å². The van der Waals surface area contributed by atoms with E-state index < -0.39 is 0 Å². The van der Waals surface area contributed by atoms with Gasteiger partial charge in [0, 0.05) is 19.4 Å². The summed E-state index contributed by atoms with van der Waals surface area (Å²) < 4.78 is 10.9. The van der Waals surface area contributed by atoms with Crippen LogP contribution in [0.15, 0.2) is 0 Å². The molecule has 0 aromatic carbocycles.